The van der Waals surface area contributed by atoms with Crippen LogP contribution in [0.25, 0.3) is 0 Å². The van der Waals surface area contributed by atoms with Crippen molar-refractivity contribution in [2.24, 2.45) is 0 Å². The first-order chi connectivity index (χ1) is 9.45. The van der Waals surface area contributed by atoms with Crippen LogP contribution in [-0.2, 0) is 5.60 Å². The van der Waals surface area contributed by atoms with Crippen LogP contribution in [-0.4, -0.2) is 10.1 Å². The van der Waals surface area contributed by atoms with Crippen LogP contribution in [0.15, 0.2) is 42.6 Å². The Morgan fingerprint density at radius 2 is 1.75 bits per heavy atom. The fraction of sp³-hybridized carbons (Fsp3) is 0.353. The summed E-state index contributed by atoms with van der Waals surface area (Å²) in [5.74, 6) is 1.38. The molecule has 0 aliphatic heterocycles. The number of aromatic nitrogens is 1. The van der Waals surface area contributed by atoms with Crippen LogP contribution in [0, 0.1) is 6.92 Å². The van der Waals surface area contributed by atoms with Gasteiger partial charge in [0.1, 0.15) is 11.5 Å². The molecule has 3 nitrogen and oxygen atoms in total. The predicted octanol–water partition coefficient (Wildman–Crippen LogP) is 4.44. The number of rotatable bonds is 3. The van der Waals surface area contributed by atoms with Gasteiger partial charge < -0.3 is 9.84 Å². The second-order valence-corrected chi connectivity index (χ2v) is 4.82. The maximum absolute atomic E-state index is 9.95. The Labute approximate surface area is 121 Å². The first-order valence-electron chi connectivity index (χ1n) is 6.88. The molecule has 0 fully saturated rings. The minimum Gasteiger partial charge on any atom is -0.456 e. The smallest absolute Gasteiger partial charge is 0.145 e. The largest absolute Gasteiger partial charge is 0.456 e. The summed E-state index contributed by atoms with van der Waals surface area (Å²) >= 11 is 0. The van der Waals surface area contributed by atoms with Gasteiger partial charge in [0.15, 0.2) is 0 Å². The minimum absolute atomic E-state index is 0.688. The summed E-state index contributed by atoms with van der Waals surface area (Å²) in [6.45, 7) is 9.43. The molecule has 0 radical (unpaired) electrons. The van der Waals surface area contributed by atoms with Crippen molar-refractivity contribution in [1.82, 2.24) is 4.98 Å². The lowest BCUT2D eigenvalue weighted by molar-refractivity contribution is 0.0784. The molecule has 2 aromatic rings. The van der Waals surface area contributed by atoms with Crippen LogP contribution in [0.5, 0.6) is 11.5 Å². The molecular weight excluding hydrogens is 250 g/mol. The summed E-state index contributed by atoms with van der Waals surface area (Å²) < 4.78 is 5.70. The lowest BCUT2D eigenvalue weighted by atomic mass is 9.98. The van der Waals surface area contributed by atoms with E-state index in [4.69, 9.17) is 4.74 Å². The molecule has 0 amide bonds. The highest BCUT2D eigenvalue weighted by Gasteiger charge is 2.16. The first kappa shape index (κ1) is 16.2. The summed E-state index contributed by atoms with van der Waals surface area (Å²) in [5.41, 5.74) is 0.901. The zero-order valence-electron chi connectivity index (χ0n) is 12.8. The molecule has 0 saturated carbocycles. The molecule has 0 spiro atoms. The van der Waals surface area contributed by atoms with Crippen LogP contribution in [0.4, 0.5) is 0 Å². The van der Waals surface area contributed by atoms with Crippen molar-refractivity contribution in [3.05, 3.63) is 53.9 Å². The van der Waals surface area contributed by atoms with Gasteiger partial charge in [-0.1, -0.05) is 26.0 Å². The molecule has 2 rings (SSSR count). The zero-order chi connectivity index (χ0) is 15.2. The molecule has 0 atom stereocenters. The van der Waals surface area contributed by atoms with Crippen molar-refractivity contribution in [3.8, 4) is 11.5 Å². The van der Waals surface area contributed by atoms with E-state index in [9.17, 15) is 5.11 Å². The van der Waals surface area contributed by atoms with E-state index in [0.717, 1.165) is 11.3 Å². The van der Waals surface area contributed by atoms with E-state index >= 15 is 0 Å². The van der Waals surface area contributed by atoms with Crippen LogP contribution in [0.2, 0.25) is 0 Å². The number of pyridine rings is 1. The Morgan fingerprint density at radius 1 is 1.05 bits per heavy atom. The Morgan fingerprint density at radius 3 is 2.30 bits per heavy atom. The summed E-state index contributed by atoms with van der Waals surface area (Å²) in [6.07, 6.45) is 1.69. The molecule has 20 heavy (non-hydrogen) atoms. The number of ether oxygens (including phenoxy) is 1. The monoisotopic (exact) mass is 273 g/mol. The van der Waals surface area contributed by atoms with Gasteiger partial charge in [-0.15, -0.1) is 0 Å². The molecule has 1 aromatic heterocycles. The van der Waals surface area contributed by atoms with E-state index in [2.05, 4.69) is 4.98 Å². The van der Waals surface area contributed by atoms with Gasteiger partial charge in [0.25, 0.3) is 0 Å². The molecule has 0 aliphatic carbocycles. The van der Waals surface area contributed by atoms with Gasteiger partial charge >= 0.3 is 0 Å². The van der Waals surface area contributed by atoms with Crippen molar-refractivity contribution in [1.29, 1.82) is 0 Å². The SMILES string of the molecule is CC.Cc1ccc(Oc2cccc(C(C)(C)O)c2)cn1. The van der Waals surface area contributed by atoms with Crippen molar-refractivity contribution in [2.75, 3.05) is 0 Å². The summed E-state index contributed by atoms with van der Waals surface area (Å²) in [5, 5.41) is 9.95. The van der Waals surface area contributed by atoms with Gasteiger partial charge in [0, 0.05) is 5.69 Å². The highest BCUT2D eigenvalue weighted by Crippen LogP contribution is 2.26. The Hall–Kier alpha value is -1.87. The lowest BCUT2D eigenvalue weighted by Gasteiger charge is -2.18. The van der Waals surface area contributed by atoms with Gasteiger partial charge in [0.05, 0.1) is 11.8 Å². The van der Waals surface area contributed by atoms with Gasteiger partial charge in [-0.2, -0.15) is 0 Å². The van der Waals surface area contributed by atoms with Gasteiger partial charge in [-0.25, -0.2) is 0 Å². The summed E-state index contributed by atoms with van der Waals surface area (Å²) in [7, 11) is 0. The van der Waals surface area contributed by atoms with Crippen molar-refractivity contribution >= 4 is 0 Å². The summed E-state index contributed by atoms with van der Waals surface area (Å²) in [6, 6.07) is 11.2. The topological polar surface area (TPSA) is 42.4 Å². The number of benzene rings is 1. The van der Waals surface area contributed by atoms with Crippen LogP contribution in [0.3, 0.4) is 0 Å². The van der Waals surface area contributed by atoms with Gasteiger partial charge in [-0.3, -0.25) is 4.98 Å². The Kier molecular flexibility index (Phi) is 5.71. The van der Waals surface area contributed by atoms with Crippen molar-refractivity contribution in [3.63, 3.8) is 0 Å². The molecule has 1 heterocycles. The maximum atomic E-state index is 9.95. The molecule has 0 saturated heterocycles. The minimum atomic E-state index is -0.870. The number of hydrogen-bond acceptors (Lipinski definition) is 3. The molecule has 108 valence electrons. The molecule has 1 N–H and O–H groups in total. The van der Waals surface area contributed by atoms with E-state index in [1.54, 1.807) is 20.0 Å². The van der Waals surface area contributed by atoms with Crippen LogP contribution >= 0.6 is 0 Å². The second kappa shape index (κ2) is 7.06. The number of nitrogens with zero attached hydrogens (tertiary/aromatic N) is 1. The van der Waals surface area contributed by atoms with Crippen molar-refractivity contribution in [2.45, 2.75) is 40.2 Å². The fourth-order valence-electron chi connectivity index (χ4n) is 1.59. The molecule has 0 aliphatic rings. The number of aliphatic hydroxyl groups is 1. The zero-order valence-corrected chi connectivity index (χ0v) is 12.8. The van der Waals surface area contributed by atoms with E-state index in [0.29, 0.717) is 11.5 Å². The molecular formula is C17H23NO2. The van der Waals surface area contributed by atoms with Gasteiger partial charge in [-0.05, 0) is 50.6 Å². The third-order valence-corrected chi connectivity index (χ3v) is 2.66. The molecule has 0 unspecified atom stereocenters. The van der Waals surface area contributed by atoms with E-state index < -0.39 is 5.60 Å². The van der Waals surface area contributed by atoms with E-state index in [1.165, 1.54) is 0 Å². The molecule has 0 bridgehead atoms. The third-order valence-electron chi connectivity index (χ3n) is 2.66. The van der Waals surface area contributed by atoms with Crippen molar-refractivity contribution < 1.29 is 9.84 Å². The summed E-state index contributed by atoms with van der Waals surface area (Å²) in [4.78, 5) is 4.17. The maximum Gasteiger partial charge on any atom is 0.145 e. The average Bonchev–Trinajstić information content (AvgIpc) is 2.43. The highest BCUT2D eigenvalue weighted by molar-refractivity contribution is 5.35. The number of hydrogen-bond donors (Lipinski definition) is 1. The standard InChI is InChI=1S/C15H17NO2.C2H6/c1-11-7-8-14(10-16-11)18-13-6-4-5-12(9-13)15(2,3)17;1-2/h4-10,17H,1-3H3;1-2H3. The third kappa shape index (κ3) is 4.67. The molecule has 1 aromatic carbocycles. The predicted molar refractivity (Wildman–Crippen MR) is 82.1 cm³/mol. The molecule has 3 heteroatoms. The normalized spacial score (nSPS) is 10.5. The fourth-order valence-corrected chi connectivity index (χ4v) is 1.59. The number of aryl methyl sites for hydroxylation is 1. The Balaban J connectivity index is 0.000000956. The van der Waals surface area contributed by atoms with E-state index in [-0.39, 0.29) is 0 Å². The second-order valence-electron chi connectivity index (χ2n) is 4.82. The Bertz CT molecular complexity index is 527. The quantitative estimate of drug-likeness (QED) is 0.899. The first-order valence-corrected chi connectivity index (χ1v) is 6.88. The van der Waals surface area contributed by atoms with E-state index in [1.807, 2.05) is 57.2 Å². The lowest BCUT2D eigenvalue weighted by Crippen LogP contribution is -2.15. The van der Waals surface area contributed by atoms with Crippen LogP contribution < -0.4 is 4.74 Å². The van der Waals surface area contributed by atoms with Crippen LogP contribution in [0.1, 0.15) is 39.0 Å². The highest BCUT2D eigenvalue weighted by atomic mass is 16.5. The average molecular weight is 273 g/mol. The van der Waals surface area contributed by atoms with Gasteiger partial charge in [0.2, 0.25) is 0 Å².